The topological polar surface area (TPSA) is 32.8 Å². The molecule has 0 radical (unpaired) electrons. The molecule has 0 amide bonds. The molecular formula is C8H14O2. The molecule has 2 atom stereocenters. The fourth-order valence-electron chi connectivity index (χ4n) is 0.944. The zero-order chi connectivity index (χ0) is 7.40. The van der Waals surface area contributed by atoms with Gasteiger partial charge in [0.2, 0.25) is 0 Å². The monoisotopic (exact) mass is 142 g/mol. The van der Waals surface area contributed by atoms with E-state index < -0.39 is 0 Å². The van der Waals surface area contributed by atoms with Crippen LogP contribution in [0.1, 0.15) is 19.8 Å². The Hall–Kier alpha value is -0.340. The molecule has 0 spiro atoms. The first kappa shape index (κ1) is 7.76. The van der Waals surface area contributed by atoms with Gasteiger partial charge in [0.05, 0.1) is 12.7 Å². The summed E-state index contributed by atoms with van der Waals surface area (Å²) in [5.41, 5.74) is 0. The molecule has 2 nitrogen and oxygen atoms in total. The van der Waals surface area contributed by atoms with Crippen molar-refractivity contribution in [2.45, 2.75) is 32.0 Å². The molecule has 1 fully saturated rings. The number of hydrogen-bond acceptors (Lipinski definition) is 2. The van der Waals surface area contributed by atoms with Crippen molar-refractivity contribution in [2.24, 2.45) is 0 Å². The number of aliphatic hydroxyl groups is 1. The maximum atomic E-state index is 8.58. The summed E-state index contributed by atoms with van der Waals surface area (Å²) in [7, 11) is 0. The van der Waals surface area contributed by atoms with Crippen molar-refractivity contribution in [1.29, 1.82) is 0 Å². The lowest BCUT2D eigenvalue weighted by atomic mass is 10.2. The van der Waals surface area contributed by atoms with Crippen LogP contribution in [0.3, 0.4) is 0 Å². The van der Waals surface area contributed by atoms with Gasteiger partial charge in [-0.3, -0.25) is 0 Å². The van der Waals surface area contributed by atoms with Crippen LogP contribution in [-0.2, 0) is 4.74 Å². The fraction of sp³-hybridized carbons (Fsp3) is 0.750. The third kappa shape index (κ3) is 2.12. The number of rotatable bonds is 4. The standard InChI is InChI=1S/C8H14O2/c1-2-3-4-5-7-8(6-9)10-7/h3-4,7-9H,2,5-6H2,1H3/b4-3+/t7-,8+/m0/s1. The van der Waals surface area contributed by atoms with E-state index in [0.29, 0.717) is 6.10 Å². The van der Waals surface area contributed by atoms with E-state index in [1.807, 2.05) is 0 Å². The minimum absolute atomic E-state index is 0.126. The molecule has 58 valence electrons. The molecule has 1 heterocycles. The molecule has 0 aliphatic carbocycles. The van der Waals surface area contributed by atoms with Gasteiger partial charge in [0, 0.05) is 0 Å². The third-order valence-corrected chi connectivity index (χ3v) is 1.64. The predicted octanol–water partition coefficient (Wildman–Crippen LogP) is 1.10. The van der Waals surface area contributed by atoms with Gasteiger partial charge in [0.1, 0.15) is 6.10 Å². The van der Waals surface area contributed by atoms with Gasteiger partial charge in [0.15, 0.2) is 0 Å². The molecule has 0 aromatic rings. The molecule has 0 aromatic heterocycles. The lowest BCUT2D eigenvalue weighted by Gasteiger charge is -1.83. The van der Waals surface area contributed by atoms with Crippen LogP contribution in [0.25, 0.3) is 0 Å². The van der Waals surface area contributed by atoms with Gasteiger partial charge in [0.25, 0.3) is 0 Å². The molecule has 0 aromatic carbocycles. The summed E-state index contributed by atoms with van der Waals surface area (Å²) in [5, 5.41) is 8.58. The lowest BCUT2D eigenvalue weighted by molar-refractivity contribution is 0.242. The number of aliphatic hydroxyl groups excluding tert-OH is 1. The second kappa shape index (κ2) is 3.74. The Bertz CT molecular complexity index is 120. The van der Waals surface area contributed by atoms with Gasteiger partial charge < -0.3 is 9.84 Å². The largest absolute Gasteiger partial charge is 0.394 e. The molecule has 1 aliphatic heterocycles. The van der Waals surface area contributed by atoms with Crippen molar-refractivity contribution >= 4 is 0 Å². The predicted molar refractivity (Wildman–Crippen MR) is 39.8 cm³/mol. The van der Waals surface area contributed by atoms with Crippen LogP contribution in [0, 0.1) is 0 Å². The average Bonchev–Trinajstić information content (AvgIpc) is 2.68. The first-order valence-corrected chi connectivity index (χ1v) is 3.79. The summed E-state index contributed by atoms with van der Waals surface area (Å²) < 4.78 is 5.11. The highest BCUT2D eigenvalue weighted by atomic mass is 16.6. The van der Waals surface area contributed by atoms with Gasteiger partial charge >= 0.3 is 0 Å². The van der Waals surface area contributed by atoms with Crippen LogP contribution in [0.5, 0.6) is 0 Å². The molecule has 1 saturated heterocycles. The van der Waals surface area contributed by atoms with Crippen molar-refractivity contribution in [1.82, 2.24) is 0 Å². The van der Waals surface area contributed by atoms with E-state index in [4.69, 9.17) is 9.84 Å². The zero-order valence-electron chi connectivity index (χ0n) is 6.29. The highest BCUT2D eigenvalue weighted by Crippen LogP contribution is 2.24. The minimum atomic E-state index is 0.126. The van der Waals surface area contributed by atoms with E-state index in [0.717, 1.165) is 12.8 Å². The normalized spacial score (nSPS) is 31.4. The van der Waals surface area contributed by atoms with E-state index in [1.54, 1.807) is 0 Å². The summed E-state index contributed by atoms with van der Waals surface area (Å²) in [6, 6.07) is 0. The lowest BCUT2D eigenvalue weighted by Crippen LogP contribution is -1.97. The minimum Gasteiger partial charge on any atom is -0.394 e. The first-order chi connectivity index (χ1) is 4.88. The molecular weight excluding hydrogens is 128 g/mol. The number of hydrogen-bond donors (Lipinski definition) is 1. The Morgan fingerprint density at radius 2 is 2.20 bits per heavy atom. The zero-order valence-corrected chi connectivity index (χ0v) is 6.29. The van der Waals surface area contributed by atoms with Crippen molar-refractivity contribution in [3.63, 3.8) is 0 Å². The van der Waals surface area contributed by atoms with Crippen molar-refractivity contribution < 1.29 is 9.84 Å². The molecule has 1 aliphatic rings. The smallest absolute Gasteiger partial charge is 0.107 e. The van der Waals surface area contributed by atoms with Crippen LogP contribution in [0.15, 0.2) is 12.2 Å². The molecule has 0 bridgehead atoms. The van der Waals surface area contributed by atoms with E-state index in [-0.39, 0.29) is 12.7 Å². The highest BCUT2D eigenvalue weighted by Gasteiger charge is 2.36. The molecule has 1 N–H and O–H groups in total. The molecule has 1 rings (SSSR count). The summed E-state index contributed by atoms with van der Waals surface area (Å²) in [4.78, 5) is 0. The molecule has 2 heteroatoms. The highest BCUT2D eigenvalue weighted by molar-refractivity contribution is 4.92. The van der Waals surface area contributed by atoms with Crippen LogP contribution in [-0.4, -0.2) is 23.9 Å². The van der Waals surface area contributed by atoms with Crippen molar-refractivity contribution in [3.05, 3.63) is 12.2 Å². The van der Waals surface area contributed by atoms with Crippen LogP contribution >= 0.6 is 0 Å². The Labute approximate surface area is 61.5 Å². The van der Waals surface area contributed by atoms with Gasteiger partial charge in [-0.25, -0.2) is 0 Å². The maximum Gasteiger partial charge on any atom is 0.107 e. The number of epoxide rings is 1. The molecule has 0 unspecified atom stereocenters. The Morgan fingerprint density at radius 1 is 1.40 bits per heavy atom. The van der Waals surface area contributed by atoms with Crippen LogP contribution < -0.4 is 0 Å². The SMILES string of the molecule is CC/C=C/C[C@@H]1O[C@@H]1CO. The van der Waals surface area contributed by atoms with Gasteiger partial charge in [-0.15, -0.1) is 0 Å². The van der Waals surface area contributed by atoms with Gasteiger partial charge in [-0.05, 0) is 12.8 Å². The second-order valence-electron chi connectivity index (χ2n) is 2.51. The first-order valence-electron chi connectivity index (χ1n) is 3.79. The Kier molecular flexibility index (Phi) is 2.90. The van der Waals surface area contributed by atoms with Crippen LogP contribution in [0.4, 0.5) is 0 Å². The number of allylic oxidation sites excluding steroid dienone is 1. The quantitative estimate of drug-likeness (QED) is 0.471. The summed E-state index contributed by atoms with van der Waals surface area (Å²) in [5.74, 6) is 0. The third-order valence-electron chi connectivity index (χ3n) is 1.64. The summed E-state index contributed by atoms with van der Waals surface area (Å²) in [6.45, 7) is 2.28. The Morgan fingerprint density at radius 3 is 2.70 bits per heavy atom. The van der Waals surface area contributed by atoms with Crippen LogP contribution in [0.2, 0.25) is 0 Å². The number of ether oxygens (including phenoxy) is 1. The van der Waals surface area contributed by atoms with E-state index in [9.17, 15) is 0 Å². The Balaban J connectivity index is 2.01. The second-order valence-corrected chi connectivity index (χ2v) is 2.51. The summed E-state index contributed by atoms with van der Waals surface area (Å²) >= 11 is 0. The van der Waals surface area contributed by atoms with Gasteiger partial charge in [-0.2, -0.15) is 0 Å². The molecule has 10 heavy (non-hydrogen) atoms. The van der Waals surface area contributed by atoms with E-state index in [2.05, 4.69) is 19.1 Å². The fourth-order valence-corrected chi connectivity index (χ4v) is 0.944. The van der Waals surface area contributed by atoms with E-state index in [1.165, 1.54) is 0 Å². The van der Waals surface area contributed by atoms with Gasteiger partial charge in [-0.1, -0.05) is 19.1 Å². The average molecular weight is 142 g/mol. The summed E-state index contributed by atoms with van der Waals surface area (Å²) in [6.07, 6.45) is 6.70. The maximum absolute atomic E-state index is 8.58. The van der Waals surface area contributed by atoms with Crippen molar-refractivity contribution in [3.8, 4) is 0 Å². The molecule has 0 saturated carbocycles. The van der Waals surface area contributed by atoms with E-state index >= 15 is 0 Å². The van der Waals surface area contributed by atoms with Crippen molar-refractivity contribution in [2.75, 3.05) is 6.61 Å².